The molecule has 18 nitrogen and oxygen atoms in total. The van der Waals surface area contributed by atoms with Crippen LogP contribution in [-0.2, 0) is 9.59 Å². The van der Waals surface area contributed by atoms with Crippen molar-refractivity contribution in [2.75, 3.05) is 55.5 Å². The SMILES string of the molecule is C=CC(=O)N1CC(C)N(c2nc(=O)n(-c3c(C)ccnc3C(C)C)c3nc(-c4ccccc4NC)c(Cl)cc23)CC1C.C=CC(=O)N1CC(C)N(c2nc(=O)n(-c3c(Cl)ccnc3C(C)C)c3nc(OC)c(-c4ccccc4F)cc23)CC1C. The quantitative estimate of drug-likeness (QED) is 0.114. The molecule has 2 aliphatic rings. The number of hydrogen-bond donors (Lipinski definition) is 1. The van der Waals surface area contributed by atoms with Crippen molar-refractivity contribution in [1.82, 2.24) is 48.8 Å². The number of pyridine rings is 4. The van der Waals surface area contributed by atoms with Gasteiger partial charge < -0.3 is 29.7 Å². The molecule has 2 aromatic carbocycles. The summed E-state index contributed by atoms with van der Waals surface area (Å²) in [5.74, 6) is 0.242. The van der Waals surface area contributed by atoms with E-state index in [0.29, 0.717) is 92.6 Å². The van der Waals surface area contributed by atoms with Gasteiger partial charge in [-0.05, 0) is 101 Å². The average molecular weight is 1180 g/mol. The number of ether oxygens (including phenoxy) is 1. The molecule has 10 rings (SSSR count). The number of rotatable bonds is 12. The number of aryl methyl sites for hydroxylation is 1. The number of nitrogens with one attached hydrogen (secondary N) is 1. The maximum absolute atomic E-state index is 15.1. The predicted molar refractivity (Wildman–Crippen MR) is 332 cm³/mol. The summed E-state index contributed by atoms with van der Waals surface area (Å²) in [6, 6.07) is 20.6. The first-order valence-electron chi connectivity index (χ1n) is 27.8. The lowest BCUT2D eigenvalue weighted by molar-refractivity contribution is -0.129. The number of nitrogens with zero attached hydrogens (tertiary/aromatic N) is 12. The highest BCUT2D eigenvalue weighted by molar-refractivity contribution is 6.34. The van der Waals surface area contributed by atoms with Gasteiger partial charge in [0.15, 0.2) is 11.3 Å². The first-order valence-corrected chi connectivity index (χ1v) is 28.6. The Balaban J connectivity index is 0.000000202. The number of anilines is 3. The molecule has 8 heterocycles. The van der Waals surface area contributed by atoms with Gasteiger partial charge in [0.2, 0.25) is 17.7 Å². The van der Waals surface area contributed by atoms with Gasteiger partial charge in [-0.3, -0.25) is 19.6 Å². The van der Waals surface area contributed by atoms with Crippen LogP contribution in [0.2, 0.25) is 10.0 Å². The van der Waals surface area contributed by atoms with Crippen LogP contribution in [0.5, 0.6) is 5.88 Å². The fraction of sp³-hybridized carbons (Fsp3) is 0.333. The predicted octanol–water partition coefficient (Wildman–Crippen LogP) is 11.0. The van der Waals surface area contributed by atoms with Crippen LogP contribution >= 0.6 is 23.2 Å². The Bertz CT molecular complexity index is 4020. The molecule has 0 saturated carbocycles. The van der Waals surface area contributed by atoms with Crippen LogP contribution in [0, 0.1) is 12.7 Å². The van der Waals surface area contributed by atoms with E-state index >= 15 is 4.39 Å². The summed E-state index contributed by atoms with van der Waals surface area (Å²) in [7, 11) is 3.29. The van der Waals surface area contributed by atoms with Crippen LogP contribution < -0.4 is 31.2 Å². The average Bonchev–Trinajstić information content (AvgIpc) is 0.958. The van der Waals surface area contributed by atoms with Crippen molar-refractivity contribution in [1.29, 1.82) is 0 Å². The Hall–Kier alpha value is -8.55. The third kappa shape index (κ3) is 11.2. The summed E-state index contributed by atoms with van der Waals surface area (Å²) in [4.78, 5) is 89.0. The van der Waals surface area contributed by atoms with E-state index < -0.39 is 17.2 Å². The lowest BCUT2D eigenvalue weighted by atomic mass is 10.0. The molecule has 84 heavy (non-hydrogen) atoms. The molecule has 2 aliphatic heterocycles. The van der Waals surface area contributed by atoms with E-state index in [1.54, 1.807) is 57.1 Å². The van der Waals surface area contributed by atoms with Gasteiger partial charge in [0.25, 0.3) is 0 Å². The number of amides is 2. The number of methoxy groups -OCH3 is 1. The molecular formula is C63H68Cl2FN13O5. The minimum atomic E-state index is -0.605. The summed E-state index contributed by atoms with van der Waals surface area (Å²) in [5.41, 5.74) is 5.85. The van der Waals surface area contributed by atoms with Gasteiger partial charge in [0, 0.05) is 92.2 Å². The molecule has 436 valence electrons. The van der Waals surface area contributed by atoms with Crippen LogP contribution in [-0.4, -0.2) is 125 Å². The zero-order valence-electron chi connectivity index (χ0n) is 49.0. The zero-order chi connectivity index (χ0) is 60.6. The highest BCUT2D eigenvalue weighted by atomic mass is 35.5. The highest BCUT2D eigenvalue weighted by Crippen LogP contribution is 2.41. The lowest BCUT2D eigenvalue weighted by Gasteiger charge is -2.44. The lowest BCUT2D eigenvalue weighted by Crippen LogP contribution is -2.58. The normalized spacial score (nSPS) is 17.1. The molecule has 2 amide bonds. The molecule has 0 aliphatic carbocycles. The van der Waals surface area contributed by atoms with Gasteiger partial charge in [0.1, 0.15) is 17.5 Å². The maximum Gasteiger partial charge on any atom is 0.355 e. The molecule has 2 saturated heterocycles. The molecule has 8 aromatic rings. The number of carbonyl (C=O) groups excluding carboxylic acids is 2. The monoisotopic (exact) mass is 1180 g/mol. The van der Waals surface area contributed by atoms with Gasteiger partial charge in [-0.15, -0.1) is 0 Å². The molecule has 0 bridgehead atoms. The van der Waals surface area contributed by atoms with E-state index in [1.807, 2.05) is 111 Å². The standard InChI is InChI=1S/C32H36ClN7O2.C31H32ClFN6O3/c1-8-26(41)38-16-21(6)39(17-20(38)5)30-23-15-24(33)28(22-11-9-10-12-25(22)34-7)36-31(23)40(32(42)37-30)29-19(4)13-14-35-27(29)18(2)3;1-7-25(40)37-15-19(5)38(16-18(37)4)28-22-14-21(20-10-8-9-11-24(20)33)30(42-6)35-29(22)39(31(41)36-28)27-23(32)12-13-34-26(27)17(2)3/h8-15,18,20-21,34H,1,16-17H2,2-7H3;7-14,17-19H,1,15-16H2,2-6H3. The molecule has 4 unspecified atom stereocenters. The molecule has 4 atom stereocenters. The van der Waals surface area contributed by atoms with E-state index in [1.165, 1.54) is 29.9 Å². The first kappa shape index (κ1) is 60.1. The molecule has 0 spiro atoms. The van der Waals surface area contributed by atoms with Crippen molar-refractivity contribution >= 4 is 74.4 Å². The topological polar surface area (TPSA) is 190 Å². The third-order valence-electron chi connectivity index (χ3n) is 15.5. The molecule has 21 heteroatoms. The van der Waals surface area contributed by atoms with Crippen molar-refractivity contribution in [3.05, 3.63) is 164 Å². The minimum absolute atomic E-state index is 0.0506. The second kappa shape index (κ2) is 24.7. The fourth-order valence-electron chi connectivity index (χ4n) is 11.3. The molecular weight excluding hydrogens is 1110 g/mol. The third-order valence-corrected chi connectivity index (χ3v) is 16.0. The number of hydrogen-bond acceptors (Lipinski definition) is 14. The Labute approximate surface area is 497 Å². The van der Waals surface area contributed by atoms with Crippen LogP contribution in [0.25, 0.3) is 55.8 Å². The Kier molecular flexibility index (Phi) is 17.7. The first-order chi connectivity index (χ1) is 40.1. The van der Waals surface area contributed by atoms with E-state index in [-0.39, 0.29) is 64.9 Å². The van der Waals surface area contributed by atoms with Gasteiger partial charge >= 0.3 is 11.4 Å². The highest BCUT2D eigenvalue weighted by Gasteiger charge is 2.36. The summed E-state index contributed by atoms with van der Waals surface area (Å²) in [6.07, 6.45) is 5.99. The van der Waals surface area contributed by atoms with E-state index in [0.717, 1.165) is 22.5 Å². The number of aromatic nitrogens is 8. The van der Waals surface area contributed by atoms with Crippen molar-refractivity contribution < 1.29 is 18.7 Å². The van der Waals surface area contributed by atoms with E-state index in [4.69, 9.17) is 37.9 Å². The second-order valence-electron chi connectivity index (χ2n) is 21.8. The second-order valence-corrected chi connectivity index (χ2v) is 22.6. The van der Waals surface area contributed by atoms with Gasteiger partial charge in [-0.2, -0.15) is 15.0 Å². The molecule has 2 fully saturated rings. The summed E-state index contributed by atoms with van der Waals surface area (Å²) in [5, 5.41) is 5.10. The van der Waals surface area contributed by atoms with Crippen molar-refractivity contribution in [3.63, 3.8) is 0 Å². The van der Waals surface area contributed by atoms with Crippen LogP contribution in [0.15, 0.2) is 120 Å². The van der Waals surface area contributed by atoms with E-state index in [2.05, 4.69) is 43.3 Å². The van der Waals surface area contributed by atoms with Crippen molar-refractivity contribution in [2.45, 2.75) is 98.3 Å². The van der Waals surface area contributed by atoms with Crippen LogP contribution in [0.3, 0.4) is 0 Å². The molecule has 1 N–H and O–H groups in total. The molecule has 0 radical (unpaired) electrons. The Morgan fingerprint density at radius 2 is 1.15 bits per heavy atom. The van der Waals surface area contributed by atoms with Crippen LogP contribution in [0.4, 0.5) is 21.7 Å². The van der Waals surface area contributed by atoms with Gasteiger partial charge in [-0.1, -0.05) is 100 Å². The Morgan fingerprint density at radius 1 is 0.655 bits per heavy atom. The number of piperazine rings is 2. The number of fused-ring (bicyclic) bond motifs is 2. The van der Waals surface area contributed by atoms with Crippen LogP contribution in [0.1, 0.15) is 84.2 Å². The minimum Gasteiger partial charge on any atom is -0.480 e. The van der Waals surface area contributed by atoms with Gasteiger partial charge in [-0.25, -0.2) is 28.1 Å². The largest absolute Gasteiger partial charge is 0.480 e. The fourth-order valence-corrected chi connectivity index (χ4v) is 11.7. The number of benzene rings is 2. The number of para-hydroxylation sites is 1. The maximum atomic E-state index is 15.1. The summed E-state index contributed by atoms with van der Waals surface area (Å²) in [6.45, 7) is 26.9. The van der Waals surface area contributed by atoms with Crippen molar-refractivity contribution in [3.8, 4) is 39.6 Å². The smallest absolute Gasteiger partial charge is 0.355 e. The van der Waals surface area contributed by atoms with Gasteiger partial charge in [0.05, 0.1) is 56.4 Å². The van der Waals surface area contributed by atoms with E-state index in [9.17, 15) is 19.2 Å². The number of halogens is 3. The Morgan fingerprint density at radius 3 is 1.69 bits per heavy atom. The van der Waals surface area contributed by atoms with Crippen molar-refractivity contribution in [2.24, 2.45) is 0 Å². The molecule has 6 aromatic heterocycles. The zero-order valence-corrected chi connectivity index (χ0v) is 50.5. The summed E-state index contributed by atoms with van der Waals surface area (Å²) >= 11 is 13.7. The number of carbonyl (C=O) groups is 2. The summed E-state index contributed by atoms with van der Waals surface area (Å²) < 4.78 is 23.7.